The summed E-state index contributed by atoms with van der Waals surface area (Å²) in [4.78, 5) is 12.6. The van der Waals surface area contributed by atoms with Gasteiger partial charge in [-0.2, -0.15) is 5.10 Å². The quantitative estimate of drug-likeness (QED) is 0.168. The van der Waals surface area contributed by atoms with Crippen LogP contribution >= 0.6 is 11.8 Å². The van der Waals surface area contributed by atoms with E-state index in [1.807, 2.05) is 47.9 Å². The average molecular weight is 528 g/mol. The maximum Gasteiger partial charge on any atom is 0.250 e. The van der Waals surface area contributed by atoms with Crippen LogP contribution in [0.4, 0.5) is 0 Å². The van der Waals surface area contributed by atoms with E-state index < -0.39 is 0 Å². The van der Waals surface area contributed by atoms with Crippen molar-refractivity contribution in [1.82, 2.24) is 20.2 Å². The van der Waals surface area contributed by atoms with Crippen molar-refractivity contribution in [1.29, 1.82) is 0 Å². The monoisotopic (exact) mass is 527 g/mol. The Bertz CT molecular complexity index is 1420. The number of rotatable bonds is 8. The van der Waals surface area contributed by atoms with Crippen molar-refractivity contribution in [3.8, 4) is 22.8 Å². The molecule has 0 saturated carbocycles. The summed E-state index contributed by atoms with van der Waals surface area (Å²) in [7, 11) is 1.62. The third-order valence-electron chi connectivity index (χ3n) is 6.12. The lowest BCUT2D eigenvalue weighted by Gasteiger charge is -2.19. The standard InChI is InChI=1S/C30H33N5O2S/c1-20-7-15-25(16-8-20)35-28(23-9-13-24(14-10-23)30(3,4)5)33-34-29(35)38-19-27(36)32-31-21(2)22-11-17-26(37-6)18-12-22/h7-18H,19H2,1-6H3,(H,32,36)/b31-21-. The molecule has 0 spiro atoms. The number of carbonyl (C=O) groups is 1. The Morgan fingerprint density at radius 3 is 2.24 bits per heavy atom. The molecule has 7 nitrogen and oxygen atoms in total. The Hall–Kier alpha value is -3.91. The second kappa shape index (κ2) is 11.6. The number of carbonyl (C=O) groups excluding carboxylic acids is 1. The summed E-state index contributed by atoms with van der Waals surface area (Å²) in [6.07, 6.45) is 0. The summed E-state index contributed by atoms with van der Waals surface area (Å²) in [6, 6.07) is 24.1. The summed E-state index contributed by atoms with van der Waals surface area (Å²) >= 11 is 1.32. The fourth-order valence-corrected chi connectivity index (χ4v) is 4.55. The second-order valence-corrected chi connectivity index (χ2v) is 11.0. The van der Waals surface area contributed by atoms with Gasteiger partial charge in [0.25, 0.3) is 5.91 Å². The molecule has 0 unspecified atom stereocenters. The molecule has 1 aromatic heterocycles. The smallest absolute Gasteiger partial charge is 0.250 e. The van der Waals surface area contributed by atoms with E-state index in [2.05, 4.69) is 84.8 Å². The van der Waals surface area contributed by atoms with Crippen LogP contribution in [-0.4, -0.2) is 39.2 Å². The molecule has 196 valence electrons. The van der Waals surface area contributed by atoms with Gasteiger partial charge in [-0.05, 0) is 66.8 Å². The molecule has 0 aliphatic rings. The number of hydrogen-bond donors (Lipinski definition) is 1. The van der Waals surface area contributed by atoms with Crippen LogP contribution in [0.25, 0.3) is 17.1 Å². The van der Waals surface area contributed by atoms with E-state index in [4.69, 9.17) is 4.74 Å². The van der Waals surface area contributed by atoms with Crippen LogP contribution in [-0.2, 0) is 10.2 Å². The molecule has 0 aliphatic carbocycles. The number of thioether (sulfide) groups is 1. The van der Waals surface area contributed by atoms with Crippen molar-refractivity contribution in [2.75, 3.05) is 12.9 Å². The number of aryl methyl sites for hydroxylation is 1. The van der Waals surface area contributed by atoms with E-state index in [0.717, 1.165) is 34.0 Å². The van der Waals surface area contributed by atoms with Crippen molar-refractivity contribution in [3.63, 3.8) is 0 Å². The highest BCUT2D eigenvalue weighted by molar-refractivity contribution is 7.99. The number of nitrogens with zero attached hydrogens (tertiary/aromatic N) is 4. The highest BCUT2D eigenvalue weighted by Gasteiger charge is 2.19. The van der Waals surface area contributed by atoms with Gasteiger partial charge in [0, 0.05) is 11.3 Å². The summed E-state index contributed by atoms with van der Waals surface area (Å²) in [5, 5.41) is 13.8. The van der Waals surface area contributed by atoms with E-state index in [1.54, 1.807) is 7.11 Å². The molecule has 1 heterocycles. The van der Waals surface area contributed by atoms with E-state index in [0.29, 0.717) is 10.9 Å². The van der Waals surface area contributed by atoms with Gasteiger partial charge >= 0.3 is 0 Å². The van der Waals surface area contributed by atoms with Crippen LogP contribution in [0, 0.1) is 6.92 Å². The Morgan fingerprint density at radius 2 is 1.63 bits per heavy atom. The molecule has 8 heteroatoms. The van der Waals surface area contributed by atoms with Gasteiger partial charge in [0.2, 0.25) is 0 Å². The van der Waals surface area contributed by atoms with Crippen LogP contribution in [0.2, 0.25) is 0 Å². The predicted octanol–water partition coefficient (Wildman–Crippen LogP) is 6.18. The Morgan fingerprint density at radius 1 is 0.974 bits per heavy atom. The number of ether oxygens (including phenoxy) is 1. The fraction of sp³-hybridized carbons (Fsp3) is 0.267. The Labute approximate surface area is 228 Å². The van der Waals surface area contributed by atoms with Crippen molar-refractivity contribution >= 4 is 23.4 Å². The molecule has 3 aromatic carbocycles. The second-order valence-electron chi connectivity index (χ2n) is 10.1. The molecule has 0 aliphatic heterocycles. The molecule has 4 aromatic rings. The van der Waals surface area contributed by atoms with Crippen LogP contribution in [0.1, 0.15) is 44.4 Å². The molecule has 0 radical (unpaired) electrons. The van der Waals surface area contributed by atoms with Crippen molar-refractivity contribution in [3.05, 3.63) is 89.5 Å². The van der Waals surface area contributed by atoms with Crippen LogP contribution in [0.5, 0.6) is 5.75 Å². The number of nitrogens with one attached hydrogen (secondary N) is 1. The minimum atomic E-state index is -0.225. The number of hydrazone groups is 1. The minimum absolute atomic E-state index is 0.0613. The van der Waals surface area contributed by atoms with Gasteiger partial charge in [-0.1, -0.05) is 74.5 Å². The van der Waals surface area contributed by atoms with Gasteiger partial charge in [0.1, 0.15) is 5.75 Å². The normalized spacial score (nSPS) is 11.9. The van der Waals surface area contributed by atoms with Gasteiger partial charge in [-0.3, -0.25) is 9.36 Å². The number of benzene rings is 3. The maximum absolute atomic E-state index is 12.6. The Kier molecular flexibility index (Phi) is 8.32. The molecule has 38 heavy (non-hydrogen) atoms. The summed E-state index contributed by atoms with van der Waals surface area (Å²) in [5.41, 5.74) is 8.62. The first kappa shape index (κ1) is 27.1. The first-order valence-electron chi connectivity index (χ1n) is 12.4. The lowest BCUT2D eigenvalue weighted by molar-refractivity contribution is -0.118. The van der Waals surface area contributed by atoms with Crippen LogP contribution in [0.15, 0.2) is 83.1 Å². The molecular weight excluding hydrogens is 494 g/mol. The van der Waals surface area contributed by atoms with Gasteiger partial charge in [-0.25, -0.2) is 5.43 Å². The van der Waals surface area contributed by atoms with Crippen molar-refractivity contribution in [2.24, 2.45) is 5.10 Å². The highest BCUT2D eigenvalue weighted by atomic mass is 32.2. The van der Waals surface area contributed by atoms with E-state index in [1.165, 1.54) is 17.3 Å². The summed E-state index contributed by atoms with van der Waals surface area (Å²) < 4.78 is 7.19. The zero-order valence-electron chi connectivity index (χ0n) is 22.6. The molecular formula is C30H33N5O2S. The molecule has 0 fully saturated rings. The number of hydrogen-bond acceptors (Lipinski definition) is 6. The van der Waals surface area contributed by atoms with E-state index >= 15 is 0 Å². The minimum Gasteiger partial charge on any atom is -0.497 e. The lowest BCUT2D eigenvalue weighted by Crippen LogP contribution is -2.21. The molecule has 0 atom stereocenters. The summed E-state index contributed by atoms with van der Waals surface area (Å²) in [5.74, 6) is 1.42. The molecule has 4 rings (SSSR count). The first-order chi connectivity index (χ1) is 18.2. The zero-order chi connectivity index (χ0) is 27.3. The predicted molar refractivity (Wildman–Crippen MR) is 154 cm³/mol. The van der Waals surface area contributed by atoms with Crippen molar-refractivity contribution < 1.29 is 9.53 Å². The molecule has 0 saturated heterocycles. The van der Waals surface area contributed by atoms with Crippen LogP contribution < -0.4 is 10.2 Å². The van der Waals surface area contributed by atoms with Gasteiger partial charge in [0.15, 0.2) is 11.0 Å². The number of amides is 1. The lowest BCUT2D eigenvalue weighted by atomic mass is 9.87. The third-order valence-corrected chi connectivity index (χ3v) is 7.05. The fourth-order valence-electron chi connectivity index (χ4n) is 3.80. The first-order valence-corrected chi connectivity index (χ1v) is 13.4. The summed E-state index contributed by atoms with van der Waals surface area (Å²) in [6.45, 7) is 10.5. The Balaban J connectivity index is 1.53. The maximum atomic E-state index is 12.6. The average Bonchev–Trinajstić information content (AvgIpc) is 3.34. The van der Waals surface area contributed by atoms with Crippen LogP contribution in [0.3, 0.4) is 0 Å². The molecule has 0 bridgehead atoms. The number of methoxy groups -OCH3 is 1. The molecule has 1 amide bonds. The largest absolute Gasteiger partial charge is 0.497 e. The van der Waals surface area contributed by atoms with Gasteiger partial charge < -0.3 is 4.74 Å². The SMILES string of the molecule is COc1ccc(/C(C)=N\NC(=O)CSc2nnc(-c3ccc(C(C)(C)C)cc3)n2-c2ccc(C)cc2)cc1. The topological polar surface area (TPSA) is 81.4 Å². The van der Waals surface area contributed by atoms with E-state index in [9.17, 15) is 4.79 Å². The van der Waals surface area contributed by atoms with Crippen molar-refractivity contribution in [2.45, 2.75) is 45.2 Å². The molecule has 1 N–H and O–H groups in total. The third kappa shape index (κ3) is 6.50. The van der Waals surface area contributed by atoms with E-state index in [-0.39, 0.29) is 17.1 Å². The zero-order valence-corrected chi connectivity index (χ0v) is 23.5. The van der Waals surface area contributed by atoms with Gasteiger partial charge in [-0.15, -0.1) is 10.2 Å². The number of aromatic nitrogens is 3. The van der Waals surface area contributed by atoms with Gasteiger partial charge in [0.05, 0.1) is 18.6 Å². The highest BCUT2D eigenvalue weighted by Crippen LogP contribution is 2.30.